The zero-order valence-electron chi connectivity index (χ0n) is 34.3. The lowest BCUT2D eigenvalue weighted by atomic mass is 9.95. The smallest absolute Gasteiger partial charge is 0.255 e. The molecule has 6 aromatic carbocycles. The molecule has 2 amide bonds. The zero-order valence-corrected chi connectivity index (χ0v) is 35.9. The number of nitrogens with one attached hydrogen (secondary N) is 4. The van der Waals surface area contributed by atoms with E-state index in [1.165, 1.54) is 11.1 Å². The molecule has 0 atom stereocenters. The van der Waals surface area contributed by atoms with Crippen LogP contribution in [0.25, 0.3) is 0 Å². The van der Waals surface area contributed by atoms with Gasteiger partial charge in [0.25, 0.3) is 11.8 Å². The van der Waals surface area contributed by atoms with E-state index < -0.39 is 0 Å². The quantitative estimate of drug-likeness (QED) is 0.115. The third-order valence-electron chi connectivity index (χ3n) is 10.9. The van der Waals surface area contributed by atoms with Crippen molar-refractivity contribution >= 4 is 69.0 Å². The van der Waals surface area contributed by atoms with Gasteiger partial charge in [0.05, 0.1) is 0 Å². The molecule has 0 aliphatic carbocycles. The highest BCUT2D eigenvalue weighted by Crippen LogP contribution is 2.30. The summed E-state index contributed by atoms with van der Waals surface area (Å²) in [6.07, 6.45) is 1.46. The van der Waals surface area contributed by atoms with Crippen molar-refractivity contribution in [3.05, 3.63) is 186 Å². The van der Waals surface area contributed by atoms with Gasteiger partial charge in [-0.25, -0.2) is 0 Å². The Morgan fingerprint density at radius 2 is 0.603 bits per heavy atom. The van der Waals surface area contributed by atoms with Crippen LogP contribution in [0.1, 0.15) is 98.6 Å². The van der Waals surface area contributed by atoms with E-state index in [1.807, 2.05) is 52.0 Å². The first kappa shape index (κ1) is 40.2. The molecule has 0 radical (unpaired) electrons. The van der Waals surface area contributed by atoms with Crippen molar-refractivity contribution in [1.29, 1.82) is 0 Å². The van der Waals surface area contributed by atoms with Crippen molar-refractivity contribution in [2.45, 2.75) is 68.2 Å². The molecule has 4 N–H and O–H groups in total. The normalized spacial score (nSPS) is 13.4. The molecule has 0 saturated heterocycles. The molecule has 0 saturated carbocycles. The predicted molar refractivity (Wildman–Crippen MR) is 249 cm³/mol. The molecule has 292 valence electrons. The Morgan fingerprint density at radius 3 is 0.897 bits per heavy atom. The van der Waals surface area contributed by atoms with Crippen LogP contribution >= 0.6 is 24.4 Å². The summed E-state index contributed by atoms with van der Waals surface area (Å²) in [7, 11) is 0. The minimum absolute atomic E-state index is 0.271. The highest BCUT2D eigenvalue weighted by atomic mass is 32.1. The summed E-state index contributed by atoms with van der Waals surface area (Å²) in [5, 5.41) is 13.3. The Labute approximate surface area is 352 Å². The molecule has 58 heavy (non-hydrogen) atoms. The lowest BCUT2D eigenvalue weighted by Crippen LogP contribution is -2.17. The third kappa shape index (κ3) is 8.64. The maximum absolute atomic E-state index is 13.6. The molecule has 10 heterocycles. The number of rotatable bonds is 0. The van der Waals surface area contributed by atoms with E-state index in [9.17, 15) is 9.59 Å². The van der Waals surface area contributed by atoms with Gasteiger partial charge in [0.1, 0.15) is 9.98 Å². The maximum Gasteiger partial charge on any atom is 0.255 e. The van der Waals surface area contributed by atoms with E-state index in [0.717, 1.165) is 102 Å². The Bertz CT molecular complexity index is 2250. The summed E-state index contributed by atoms with van der Waals surface area (Å²) < 4.78 is 0. The summed E-state index contributed by atoms with van der Waals surface area (Å²) in [5.41, 5.74) is 19.0. The molecule has 10 aliphatic rings. The molecule has 0 spiro atoms. The standard InChI is InChI=1S/C50H48N4O2S2/c1-27-15-35-16-28(2)43(27)51-47(55)39-11-9-12-40(25-39)48(56)52-44-29(3)17-36(18-30(44)4)24-38-21-33(7)46(34(8)22-38)54-50(58)42-14-10-13-41(26-42)49(57)53-45-31(5)19-37(23-35)20-32(45)6/h9-22,25-26H,23-24H2,1-8H3,(H,51,55)(H,52,56)(H,53,57)(H,54,58). The lowest BCUT2D eigenvalue weighted by molar-refractivity contribution is 0.102. The van der Waals surface area contributed by atoms with Gasteiger partial charge in [0, 0.05) is 45.0 Å². The van der Waals surface area contributed by atoms with Crippen molar-refractivity contribution in [2.75, 3.05) is 21.3 Å². The Kier molecular flexibility index (Phi) is 11.4. The first-order valence-electron chi connectivity index (χ1n) is 19.5. The second-order valence-corrected chi connectivity index (χ2v) is 16.6. The average Bonchev–Trinajstić information content (AvgIpc) is 3.17. The summed E-state index contributed by atoms with van der Waals surface area (Å²) in [6, 6.07) is 32.2. The Balaban J connectivity index is 1.25. The fourth-order valence-corrected chi connectivity index (χ4v) is 8.69. The van der Waals surface area contributed by atoms with Gasteiger partial charge >= 0.3 is 0 Å². The summed E-state index contributed by atoms with van der Waals surface area (Å²) in [5.74, 6) is -0.542. The summed E-state index contributed by atoms with van der Waals surface area (Å²) in [6.45, 7) is 16.5. The van der Waals surface area contributed by atoms with Crippen LogP contribution in [0.15, 0.2) is 97.1 Å². The van der Waals surface area contributed by atoms with Crippen LogP contribution in [-0.4, -0.2) is 21.8 Å². The predicted octanol–water partition coefficient (Wildman–Crippen LogP) is 11.7. The molecule has 6 nitrogen and oxygen atoms in total. The second-order valence-electron chi connectivity index (χ2n) is 15.8. The number of amides is 2. The largest absolute Gasteiger partial charge is 0.346 e. The molecule has 0 aromatic heterocycles. The maximum atomic E-state index is 13.6. The van der Waals surface area contributed by atoms with Crippen molar-refractivity contribution in [3.8, 4) is 0 Å². The molecule has 12 bridgehead atoms. The Hall–Kier alpha value is -5.96. The van der Waals surface area contributed by atoms with Gasteiger partial charge in [0.2, 0.25) is 0 Å². The molecule has 8 heteroatoms. The van der Waals surface area contributed by atoms with Gasteiger partial charge in [-0.05, 0) is 159 Å². The van der Waals surface area contributed by atoms with Crippen LogP contribution in [-0.2, 0) is 12.8 Å². The molecular formula is C50H48N4O2S2. The molecular weight excluding hydrogens is 753 g/mol. The fourth-order valence-electron chi connectivity index (χ4n) is 8.23. The van der Waals surface area contributed by atoms with Gasteiger partial charge in [-0.1, -0.05) is 97.2 Å². The molecule has 10 aliphatic heterocycles. The first-order valence-corrected chi connectivity index (χ1v) is 20.3. The summed E-state index contributed by atoms with van der Waals surface area (Å²) >= 11 is 11.9. The van der Waals surface area contributed by atoms with Gasteiger partial charge in [0.15, 0.2) is 0 Å². The van der Waals surface area contributed by atoms with E-state index in [-0.39, 0.29) is 11.8 Å². The van der Waals surface area contributed by atoms with Crippen LogP contribution in [0.4, 0.5) is 22.7 Å². The van der Waals surface area contributed by atoms with E-state index in [1.54, 1.807) is 24.3 Å². The van der Waals surface area contributed by atoms with Crippen molar-refractivity contribution in [2.24, 2.45) is 0 Å². The van der Waals surface area contributed by atoms with Crippen LogP contribution in [0.3, 0.4) is 0 Å². The SMILES string of the molecule is Cc1cc2cc(C)c1NC(=O)c1cccc(c1)C(=O)Nc1c(C)cc(cc1C)Cc1cc(C)c(c(C)c1)NC(=S)c1cccc(c1)C(=S)Nc1c(C)cc(cc1C)C2. The van der Waals surface area contributed by atoms with Crippen LogP contribution in [0, 0.1) is 55.4 Å². The zero-order chi connectivity index (χ0) is 41.4. The van der Waals surface area contributed by atoms with Crippen LogP contribution < -0.4 is 21.3 Å². The van der Waals surface area contributed by atoms with Gasteiger partial charge in [-0.15, -0.1) is 0 Å². The molecule has 6 aromatic rings. The number of thiocarbonyl (C=S) groups is 2. The lowest BCUT2D eigenvalue weighted by Gasteiger charge is -2.18. The van der Waals surface area contributed by atoms with Gasteiger partial charge in [-0.3, -0.25) is 9.59 Å². The van der Waals surface area contributed by atoms with Crippen molar-refractivity contribution < 1.29 is 9.59 Å². The number of carbonyl (C=O) groups is 2. The molecule has 0 unspecified atom stereocenters. The minimum atomic E-state index is -0.271. The monoisotopic (exact) mass is 800 g/mol. The first-order chi connectivity index (χ1) is 27.6. The number of anilines is 4. The third-order valence-corrected chi connectivity index (χ3v) is 11.6. The number of carbonyl (C=O) groups excluding carboxylic acids is 2. The highest BCUT2D eigenvalue weighted by Gasteiger charge is 2.18. The minimum Gasteiger partial charge on any atom is -0.346 e. The van der Waals surface area contributed by atoms with Gasteiger partial charge < -0.3 is 21.3 Å². The number of hydrogen-bond acceptors (Lipinski definition) is 4. The number of aryl methyl sites for hydroxylation is 8. The fraction of sp³-hybridized carbons (Fsp3) is 0.200. The highest BCUT2D eigenvalue weighted by molar-refractivity contribution is 7.81. The number of hydrogen-bond donors (Lipinski definition) is 4. The topological polar surface area (TPSA) is 82.3 Å². The second kappa shape index (κ2) is 16.5. The van der Waals surface area contributed by atoms with Crippen molar-refractivity contribution in [3.63, 3.8) is 0 Å². The van der Waals surface area contributed by atoms with Gasteiger partial charge in [-0.2, -0.15) is 0 Å². The van der Waals surface area contributed by atoms with E-state index in [0.29, 0.717) is 21.1 Å². The van der Waals surface area contributed by atoms with E-state index >= 15 is 0 Å². The van der Waals surface area contributed by atoms with Crippen molar-refractivity contribution in [1.82, 2.24) is 0 Å². The van der Waals surface area contributed by atoms with E-state index in [2.05, 4.69) is 97.5 Å². The number of benzene rings is 6. The molecule has 0 fully saturated rings. The van der Waals surface area contributed by atoms with E-state index in [4.69, 9.17) is 24.4 Å². The average molecular weight is 801 g/mol. The van der Waals surface area contributed by atoms with Crippen LogP contribution in [0.5, 0.6) is 0 Å². The molecule has 16 rings (SSSR count). The summed E-state index contributed by atoms with van der Waals surface area (Å²) in [4.78, 5) is 28.5. The Morgan fingerprint density at radius 1 is 0.362 bits per heavy atom. The van der Waals surface area contributed by atoms with Crippen LogP contribution in [0.2, 0.25) is 0 Å².